The third kappa shape index (κ3) is 11.4. The van der Waals surface area contributed by atoms with E-state index in [0.29, 0.717) is 60.9 Å². The Morgan fingerprint density at radius 2 is 1.14 bits per heavy atom. The van der Waals surface area contributed by atoms with Gasteiger partial charge in [0.25, 0.3) is 6.47 Å². The van der Waals surface area contributed by atoms with Crippen LogP contribution in [-0.4, -0.2) is 101 Å². The maximum atomic E-state index is 13.2. The van der Waals surface area contributed by atoms with Crippen LogP contribution in [0, 0.1) is 0 Å². The number of hydrogen-bond donors (Lipinski definition) is 4. The number of tetrazole rings is 2. The van der Waals surface area contributed by atoms with E-state index in [2.05, 4.69) is 86.7 Å². The number of alkyl halides is 3. The second-order valence-electron chi connectivity index (χ2n) is 16.5. The molecule has 6 aliphatic rings. The van der Waals surface area contributed by atoms with Crippen LogP contribution in [0.15, 0.2) is 96.1 Å². The van der Waals surface area contributed by atoms with Crippen molar-refractivity contribution >= 4 is 23.5 Å². The average molecular weight is 999 g/mol. The molecule has 348 valence electrons. The Balaban J connectivity index is 0.000000198. The molecule has 6 aliphatic heterocycles. The molecule has 0 aliphatic carbocycles. The van der Waals surface area contributed by atoms with Gasteiger partial charge in [-0.05, 0) is 109 Å². The van der Waals surface area contributed by atoms with Crippen LogP contribution in [0.4, 0.5) is 13.2 Å². The summed E-state index contributed by atoms with van der Waals surface area (Å²) in [6.45, 7) is -0.181. The number of carbonyl (C=O) groups is 2. The minimum Gasteiger partial charge on any atom is -1.00 e. The van der Waals surface area contributed by atoms with Crippen molar-refractivity contribution < 1.29 is 157 Å². The first-order valence-electron chi connectivity index (χ1n) is 21.4. The summed E-state index contributed by atoms with van der Waals surface area (Å²) in [5.41, 5.74) is 10.7. The molecule has 4 atom stereocenters. The molecule has 6 aromatic rings. The molecule has 18 nitrogen and oxygen atoms in total. The number of hydrogen-bond acceptors (Lipinski definition) is 15. The molecule has 4 saturated heterocycles. The average Bonchev–Trinajstić information content (AvgIpc) is 4.18. The van der Waals surface area contributed by atoms with Crippen molar-refractivity contribution in [1.29, 1.82) is 0 Å². The smallest absolute Gasteiger partial charge is 1.00 e. The van der Waals surface area contributed by atoms with E-state index < -0.39 is 24.2 Å². The molecule has 4 N–H and O–H groups in total. The van der Waals surface area contributed by atoms with Crippen molar-refractivity contribution in [1.82, 2.24) is 51.5 Å². The van der Waals surface area contributed by atoms with Gasteiger partial charge in [0, 0.05) is 57.5 Å². The summed E-state index contributed by atoms with van der Waals surface area (Å²) >= 11 is 0. The normalized spacial score (nSPS) is 19.8. The summed E-state index contributed by atoms with van der Waals surface area (Å²) in [6.07, 6.45) is 1.91. The van der Waals surface area contributed by atoms with Crippen molar-refractivity contribution in [3.8, 4) is 45.8 Å². The quantitative estimate of drug-likeness (QED) is 0.0831. The summed E-state index contributed by atoms with van der Waals surface area (Å²) < 4.78 is 52.0. The van der Waals surface area contributed by atoms with E-state index in [0.717, 1.165) is 68.2 Å². The first-order chi connectivity index (χ1) is 32.6. The zero-order chi connectivity index (χ0) is 46.7. The predicted molar refractivity (Wildman–Crippen MR) is 230 cm³/mol. The third-order valence-corrected chi connectivity index (χ3v) is 12.6. The number of aromatic nitrogens is 8. The van der Waals surface area contributed by atoms with E-state index in [-0.39, 0.29) is 111 Å². The number of piperidine rings is 2. The Kier molecular flexibility index (Phi) is 17.9. The van der Waals surface area contributed by atoms with E-state index in [9.17, 15) is 18.0 Å². The SMILES string of the molecule is COO.O=C(N1C2CCC1CC(=C1c3ccccc3Oc3cc(-c4nn[nH]n4)ccc31)C2)C(F)(F)F.O=CO[O-].[H-].[K+].[K+].c1ccc2c(c1)Oc1cc(-c3nn[nH]n3)ccc1C2=C1CC2CCC(C1)N2. The van der Waals surface area contributed by atoms with Gasteiger partial charge in [0.2, 0.25) is 11.6 Å². The first kappa shape index (κ1) is 52.8. The van der Waals surface area contributed by atoms with E-state index >= 15 is 0 Å². The number of nitrogens with zero attached hydrogens (tertiary/aromatic N) is 7. The fourth-order valence-corrected chi connectivity index (χ4v) is 10.1. The minimum atomic E-state index is -4.85. The first-order valence-corrected chi connectivity index (χ1v) is 21.4. The summed E-state index contributed by atoms with van der Waals surface area (Å²) in [4.78, 5) is 27.6. The number of carbonyl (C=O) groups excluding carboxylic acids is 2. The van der Waals surface area contributed by atoms with Crippen LogP contribution < -0.4 is 123 Å². The zero-order valence-corrected chi connectivity index (χ0v) is 43.9. The maximum Gasteiger partial charge on any atom is 1.00 e. The van der Waals surface area contributed by atoms with E-state index in [1.165, 1.54) is 31.1 Å². The van der Waals surface area contributed by atoms with E-state index in [1.54, 1.807) is 5.57 Å². The van der Waals surface area contributed by atoms with Crippen LogP contribution in [0.3, 0.4) is 0 Å². The number of ether oxygens (including phenoxy) is 2. The Bertz CT molecular complexity index is 2810. The van der Waals surface area contributed by atoms with E-state index in [1.807, 2.05) is 54.6 Å². The van der Waals surface area contributed by atoms with Crippen LogP contribution >= 0.6 is 0 Å². The number of aromatic amines is 2. The number of para-hydroxylation sites is 2. The van der Waals surface area contributed by atoms with Crippen LogP contribution in [0.5, 0.6) is 23.0 Å². The molecule has 0 spiro atoms. The summed E-state index contributed by atoms with van der Waals surface area (Å²) in [5, 5.41) is 47.7. The van der Waals surface area contributed by atoms with Gasteiger partial charge in [-0.3, -0.25) is 14.8 Å². The van der Waals surface area contributed by atoms with Gasteiger partial charge in [0.15, 0.2) is 0 Å². The molecule has 69 heavy (non-hydrogen) atoms. The minimum absolute atomic E-state index is 0. The zero-order valence-electron chi connectivity index (χ0n) is 38.7. The van der Waals surface area contributed by atoms with Gasteiger partial charge in [0.1, 0.15) is 23.0 Å². The number of fused-ring (bicyclic) bond motifs is 8. The molecule has 8 heterocycles. The van der Waals surface area contributed by atoms with Gasteiger partial charge in [-0.25, -0.2) is 4.89 Å². The second kappa shape index (κ2) is 23.4. The van der Waals surface area contributed by atoms with Gasteiger partial charge in [-0.1, -0.05) is 59.7 Å². The van der Waals surface area contributed by atoms with Gasteiger partial charge in [0.05, 0.1) is 7.11 Å². The number of halogens is 3. The Labute approximate surface area is 479 Å². The van der Waals surface area contributed by atoms with Gasteiger partial charge < -0.3 is 31.3 Å². The topological polar surface area (TPSA) is 239 Å². The molecule has 1 amide bonds. The van der Waals surface area contributed by atoms with Gasteiger partial charge in [-0.2, -0.15) is 23.6 Å². The molecule has 12 rings (SSSR count). The molecule has 4 bridgehead atoms. The Morgan fingerprint density at radius 1 is 0.725 bits per heavy atom. The molecular formula is C46H43F3K2N10O8. The summed E-state index contributed by atoms with van der Waals surface area (Å²) in [5.74, 6) is 2.38. The molecule has 4 aromatic carbocycles. The molecule has 4 fully saturated rings. The molecular weight excluding hydrogens is 956 g/mol. The largest absolute Gasteiger partial charge is 1.00 e. The number of nitrogens with one attached hydrogen (secondary N) is 3. The van der Waals surface area contributed by atoms with E-state index in [4.69, 9.17) is 24.8 Å². The number of benzene rings is 4. The maximum absolute atomic E-state index is 13.2. The van der Waals surface area contributed by atoms with Gasteiger partial charge in [-0.15, -0.1) is 20.4 Å². The van der Waals surface area contributed by atoms with Crippen molar-refractivity contribution in [3.63, 3.8) is 0 Å². The monoisotopic (exact) mass is 998 g/mol. The van der Waals surface area contributed by atoms with Crippen molar-refractivity contribution in [2.75, 3.05) is 7.11 Å². The van der Waals surface area contributed by atoms with Crippen LogP contribution in [0.1, 0.15) is 75.0 Å². The fourth-order valence-electron chi connectivity index (χ4n) is 10.1. The fraction of sp³-hybridized carbons (Fsp3) is 0.304. The molecule has 0 radical (unpaired) electrons. The molecule has 0 saturated carbocycles. The molecule has 2 aromatic heterocycles. The van der Waals surface area contributed by atoms with Crippen LogP contribution in [0.25, 0.3) is 33.9 Å². The number of amides is 1. The van der Waals surface area contributed by atoms with Crippen LogP contribution in [0.2, 0.25) is 0 Å². The number of rotatable bonds is 3. The number of H-pyrrole nitrogens is 2. The van der Waals surface area contributed by atoms with Crippen LogP contribution in [-0.2, 0) is 19.4 Å². The van der Waals surface area contributed by atoms with Crippen molar-refractivity contribution in [2.24, 2.45) is 0 Å². The third-order valence-electron chi connectivity index (χ3n) is 12.6. The Morgan fingerprint density at radius 3 is 1.55 bits per heavy atom. The van der Waals surface area contributed by atoms with Gasteiger partial charge >= 0.3 is 115 Å². The molecule has 4 unspecified atom stereocenters. The molecule has 23 heteroatoms. The van der Waals surface area contributed by atoms with Crippen molar-refractivity contribution in [3.05, 3.63) is 118 Å². The summed E-state index contributed by atoms with van der Waals surface area (Å²) in [6, 6.07) is 28.2. The standard InChI is InChI=1S/C23H18F3N5O2.C21H19N5O.CH2O3.CH4O2.2K.H/c24-23(25,26)22(32)31-14-6-7-15(31)10-13(9-14)20-16-3-1-2-4-18(16)33-19-11-12(5-8-17(19)20)21-27-29-30-28-21;1-2-4-18-16(3-1)20(13-9-14-6-7-15(10-13)22-14)17-8-5-12(11-19(17)27-18)21-23-25-26-24-21;2-1-4-3;1-3-2;;;/h1-5,8,11,14-15H,6-7,9-10H2,(H,27,28,29,30);1-5,8,11,14-15,22H,6-7,9-10H2,(H,23,24,25,26);1,3H;2H,1H3;;;/q;;;;2*+1;-1/p-1. The van der Waals surface area contributed by atoms with Crippen molar-refractivity contribution in [2.45, 2.75) is 81.7 Å². The Hall–Kier alpha value is -4.06. The predicted octanol–water partition coefficient (Wildman–Crippen LogP) is 0.840. The second-order valence-corrected chi connectivity index (χ2v) is 16.5. The summed E-state index contributed by atoms with van der Waals surface area (Å²) in [7, 11) is 1.18.